The molecule has 2 N–H and O–H groups in total. The van der Waals surface area contributed by atoms with Crippen LogP contribution in [0.25, 0.3) is 0 Å². The number of thiophene rings is 1. The average Bonchev–Trinajstić information content (AvgIpc) is 2.97. The Morgan fingerprint density at radius 3 is 2.61 bits per heavy atom. The predicted molar refractivity (Wildman–Crippen MR) is 72.9 cm³/mol. The van der Waals surface area contributed by atoms with E-state index >= 15 is 0 Å². The molecule has 0 aromatic carbocycles. The Labute approximate surface area is 111 Å². The molecule has 2 unspecified atom stereocenters. The highest BCUT2D eigenvalue weighted by atomic mass is 32.1. The van der Waals surface area contributed by atoms with E-state index < -0.39 is 0 Å². The molecule has 0 fully saturated rings. The second kappa shape index (κ2) is 5.49. The van der Waals surface area contributed by atoms with Gasteiger partial charge in [-0.2, -0.15) is 0 Å². The summed E-state index contributed by atoms with van der Waals surface area (Å²) in [6.07, 6.45) is 0. The van der Waals surface area contributed by atoms with Gasteiger partial charge in [0.05, 0.1) is 12.1 Å². The topological polar surface area (TPSA) is 63.0 Å². The monoisotopic (exact) mass is 266 g/mol. The van der Waals surface area contributed by atoms with Crippen LogP contribution in [0.2, 0.25) is 0 Å². The van der Waals surface area contributed by atoms with Gasteiger partial charge >= 0.3 is 6.01 Å². The fourth-order valence-corrected chi connectivity index (χ4v) is 2.41. The SMILES string of the molecule is CNC(C)c1nnc(NC(C)c2ccc(C)s2)o1. The summed E-state index contributed by atoms with van der Waals surface area (Å²) < 4.78 is 5.54. The highest BCUT2D eigenvalue weighted by Gasteiger charge is 2.14. The fourth-order valence-electron chi connectivity index (χ4n) is 1.53. The fraction of sp³-hybridized carbons (Fsp3) is 0.500. The van der Waals surface area contributed by atoms with E-state index in [1.807, 2.05) is 14.0 Å². The summed E-state index contributed by atoms with van der Waals surface area (Å²) in [6, 6.07) is 4.92. The first-order valence-electron chi connectivity index (χ1n) is 5.93. The number of hydrogen-bond donors (Lipinski definition) is 2. The molecular formula is C12H18N4OS. The van der Waals surface area contributed by atoms with Gasteiger partial charge in [-0.15, -0.1) is 16.4 Å². The molecule has 6 heteroatoms. The minimum Gasteiger partial charge on any atom is -0.406 e. The molecule has 2 atom stereocenters. The number of aromatic nitrogens is 2. The van der Waals surface area contributed by atoms with Gasteiger partial charge in [0.15, 0.2) is 0 Å². The molecular weight excluding hydrogens is 248 g/mol. The third kappa shape index (κ3) is 2.88. The molecule has 98 valence electrons. The molecule has 0 aliphatic rings. The lowest BCUT2D eigenvalue weighted by Gasteiger charge is -2.09. The Morgan fingerprint density at radius 1 is 1.22 bits per heavy atom. The smallest absolute Gasteiger partial charge is 0.316 e. The summed E-state index contributed by atoms with van der Waals surface area (Å²) in [7, 11) is 1.86. The van der Waals surface area contributed by atoms with Crippen LogP contribution in [0.4, 0.5) is 6.01 Å². The molecule has 0 amide bonds. The summed E-state index contributed by atoms with van der Waals surface area (Å²) in [5.41, 5.74) is 0. The quantitative estimate of drug-likeness (QED) is 0.871. The van der Waals surface area contributed by atoms with Gasteiger partial charge in [0.2, 0.25) is 5.89 Å². The lowest BCUT2D eigenvalue weighted by molar-refractivity contribution is 0.439. The van der Waals surface area contributed by atoms with Crippen LogP contribution in [0.1, 0.15) is 41.6 Å². The highest BCUT2D eigenvalue weighted by Crippen LogP contribution is 2.25. The number of hydrogen-bond acceptors (Lipinski definition) is 6. The lowest BCUT2D eigenvalue weighted by Crippen LogP contribution is -2.12. The Balaban J connectivity index is 2.03. The van der Waals surface area contributed by atoms with Crippen molar-refractivity contribution >= 4 is 17.4 Å². The van der Waals surface area contributed by atoms with E-state index in [-0.39, 0.29) is 12.1 Å². The van der Waals surface area contributed by atoms with Gasteiger partial charge < -0.3 is 15.1 Å². The van der Waals surface area contributed by atoms with E-state index in [4.69, 9.17) is 4.42 Å². The first-order valence-corrected chi connectivity index (χ1v) is 6.75. The first-order chi connectivity index (χ1) is 8.60. The van der Waals surface area contributed by atoms with E-state index in [1.165, 1.54) is 9.75 Å². The van der Waals surface area contributed by atoms with Crippen LogP contribution in [-0.2, 0) is 0 Å². The maximum atomic E-state index is 5.54. The zero-order chi connectivity index (χ0) is 13.1. The molecule has 0 saturated carbocycles. The Hall–Kier alpha value is -1.40. The van der Waals surface area contributed by atoms with E-state index in [1.54, 1.807) is 11.3 Å². The maximum absolute atomic E-state index is 5.54. The molecule has 2 aromatic heterocycles. The lowest BCUT2D eigenvalue weighted by atomic mass is 10.3. The normalized spacial score (nSPS) is 14.4. The van der Waals surface area contributed by atoms with E-state index in [2.05, 4.69) is 46.8 Å². The number of nitrogens with one attached hydrogen (secondary N) is 2. The third-order valence-electron chi connectivity index (χ3n) is 2.77. The van der Waals surface area contributed by atoms with Crippen molar-refractivity contribution in [1.29, 1.82) is 0 Å². The van der Waals surface area contributed by atoms with Crippen molar-refractivity contribution < 1.29 is 4.42 Å². The molecule has 0 saturated heterocycles. The van der Waals surface area contributed by atoms with Gasteiger partial charge in [0, 0.05) is 9.75 Å². The first kappa shape index (κ1) is 13.0. The van der Waals surface area contributed by atoms with Crippen molar-refractivity contribution in [2.45, 2.75) is 32.9 Å². The van der Waals surface area contributed by atoms with Crippen LogP contribution >= 0.6 is 11.3 Å². The van der Waals surface area contributed by atoms with Gasteiger partial charge in [-0.05, 0) is 40.0 Å². The van der Waals surface area contributed by atoms with Gasteiger partial charge in [-0.3, -0.25) is 0 Å². The molecule has 2 aromatic rings. The Kier molecular flexibility index (Phi) is 3.98. The van der Waals surface area contributed by atoms with Crippen LogP contribution in [0, 0.1) is 6.92 Å². The summed E-state index contributed by atoms with van der Waals surface area (Å²) in [4.78, 5) is 2.56. The second-order valence-electron chi connectivity index (χ2n) is 4.27. The third-order valence-corrected chi connectivity index (χ3v) is 3.96. The minimum atomic E-state index is 0.0624. The summed E-state index contributed by atoms with van der Waals surface area (Å²) in [5, 5.41) is 14.3. The van der Waals surface area contributed by atoms with Gasteiger partial charge in [0.25, 0.3) is 0 Å². The molecule has 2 rings (SSSR count). The highest BCUT2D eigenvalue weighted by molar-refractivity contribution is 7.12. The maximum Gasteiger partial charge on any atom is 0.316 e. The van der Waals surface area contributed by atoms with Crippen LogP contribution in [0.5, 0.6) is 0 Å². The molecule has 5 nitrogen and oxygen atoms in total. The second-order valence-corrected chi connectivity index (χ2v) is 5.59. The summed E-state index contributed by atoms with van der Waals surface area (Å²) in [6.45, 7) is 6.15. The molecule has 0 aliphatic carbocycles. The number of nitrogens with zero attached hydrogens (tertiary/aromatic N) is 2. The van der Waals surface area contributed by atoms with Crippen molar-refractivity contribution in [1.82, 2.24) is 15.5 Å². The molecule has 0 radical (unpaired) electrons. The molecule has 0 spiro atoms. The van der Waals surface area contributed by atoms with Gasteiger partial charge in [-0.1, -0.05) is 5.10 Å². The zero-order valence-electron chi connectivity index (χ0n) is 11.0. The van der Waals surface area contributed by atoms with Gasteiger partial charge in [-0.25, -0.2) is 0 Å². The summed E-state index contributed by atoms with van der Waals surface area (Å²) in [5.74, 6) is 0.592. The van der Waals surface area contributed by atoms with Crippen molar-refractivity contribution in [3.8, 4) is 0 Å². The molecule has 2 heterocycles. The molecule has 18 heavy (non-hydrogen) atoms. The van der Waals surface area contributed by atoms with Crippen LogP contribution in [-0.4, -0.2) is 17.2 Å². The van der Waals surface area contributed by atoms with Gasteiger partial charge in [0.1, 0.15) is 0 Å². The van der Waals surface area contributed by atoms with Crippen LogP contribution in [0.15, 0.2) is 16.5 Å². The van der Waals surface area contributed by atoms with E-state index in [9.17, 15) is 0 Å². The number of rotatable bonds is 5. The molecule has 0 bridgehead atoms. The van der Waals surface area contributed by atoms with Crippen LogP contribution in [0.3, 0.4) is 0 Å². The largest absolute Gasteiger partial charge is 0.406 e. The predicted octanol–water partition coefficient (Wildman–Crippen LogP) is 2.89. The zero-order valence-corrected chi connectivity index (χ0v) is 11.8. The number of anilines is 1. The van der Waals surface area contributed by atoms with E-state index in [0.717, 1.165) is 0 Å². The van der Waals surface area contributed by atoms with Crippen LogP contribution < -0.4 is 10.6 Å². The van der Waals surface area contributed by atoms with E-state index in [0.29, 0.717) is 11.9 Å². The van der Waals surface area contributed by atoms with Crippen molar-refractivity contribution in [2.75, 3.05) is 12.4 Å². The Bertz CT molecular complexity index is 508. The number of aryl methyl sites for hydroxylation is 1. The van der Waals surface area contributed by atoms with Crippen molar-refractivity contribution in [3.63, 3.8) is 0 Å². The van der Waals surface area contributed by atoms with Crippen molar-refractivity contribution in [3.05, 3.63) is 27.8 Å². The summed E-state index contributed by atoms with van der Waals surface area (Å²) >= 11 is 1.77. The molecule has 0 aliphatic heterocycles. The standard InChI is InChI=1S/C12H18N4OS/c1-7-5-6-10(18-7)8(2)14-12-16-15-11(17-12)9(3)13-4/h5-6,8-9,13H,1-4H3,(H,14,16). The average molecular weight is 266 g/mol. The van der Waals surface area contributed by atoms with Crippen molar-refractivity contribution in [2.24, 2.45) is 0 Å². The Morgan fingerprint density at radius 2 is 2.00 bits per heavy atom. The minimum absolute atomic E-state index is 0.0624.